The molecule has 0 saturated carbocycles. The van der Waals surface area contributed by atoms with Gasteiger partial charge in [-0.05, 0) is 30.4 Å². The van der Waals surface area contributed by atoms with Crippen molar-refractivity contribution in [3.63, 3.8) is 0 Å². The molecule has 4 N–H and O–H groups in total. The fourth-order valence-electron chi connectivity index (χ4n) is 2.26. The lowest BCUT2D eigenvalue weighted by Gasteiger charge is -2.16. The Labute approximate surface area is 143 Å². The number of nitrogens with zero attached hydrogens (tertiary/aromatic N) is 2. The van der Waals surface area contributed by atoms with Gasteiger partial charge in [0.15, 0.2) is 5.82 Å². The SMILES string of the molecule is N=C/C=C(/NC(=O)C1=C2N=CC=CN2NC1)Nc1cccc(Cl)c1. The number of hydrazine groups is 1. The van der Waals surface area contributed by atoms with Crippen LogP contribution in [0.2, 0.25) is 5.02 Å². The average molecular weight is 343 g/mol. The number of hydrogen-bond donors (Lipinski definition) is 4. The minimum Gasteiger partial charge on any atom is -0.342 e. The Balaban J connectivity index is 1.75. The maximum Gasteiger partial charge on any atom is 0.257 e. The monoisotopic (exact) mass is 342 g/mol. The van der Waals surface area contributed by atoms with Crippen molar-refractivity contribution < 1.29 is 4.79 Å². The van der Waals surface area contributed by atoms with Crippen LogP contribution in [0.1, 0.15) is 0 Å². The predicted octanol–water partition coefficient (Wildman–Crippen LogP) is 1.99. The molecule has 0 aromatic heterocycles. The lowest BCUT2D eigenvalue weighted by Crippen LogP contribution is -2.30. The summed E-state index contributed by atoms with van der Waals surface area (Å²) < 4.78 is 0. The molecule has 1 aromatic carbocycles. The van der Waals surface area contributed by atoms with E-state index in [1.54, 1.807) is 41.7 Å². The molecule has 0 spiro atoms. The maximum absolute atomic E-state index is 12.5. The number of benzene rings is 1. The lowest BCUT2D eigenvalue weighted by molar-refractivity contribution is -0.116. The Hall–Kier alpha value is -2.90. The summed E-state index contributed by atoms with van der Waals surface area (Å²) in [6.07, 6.45) is 7.74. The van der Waals surface area contributed by atoms with Gasteiger partial charge in [-0.15, -0.1) is 0 Å². The largest absolute Gasteiger partial charge is 0.342 e. The molecule has 7 nitrogen and oxygen atoms in total. The van der Waals surface area contributed by atoms with Crippen LogP contribution in [0.4, 0.5) is 5.69 Å². The van der Waals surface area contributed by atoms with E-state index in [-0.39, 0.29) is 5.91 Å². The number of halogens is 1. The van der Waals surface area contributed by atoms with Crippen LogP contribution in [-0.2, 0) is 4.79 Å². The quantitative estimate of drug-likeness (QED) is 0.616. The van der Waals surface area contributed by atoms with Crippen LogP contribution in [0, 0.1) is 5.41 Å². The van der Waals surface area contributed by atoms with Gasteiger partial charge in [-0.3, -0.25) is 9.80 Å². The number of allylic oxidation sites excluding steroid dienone is 2. The second-order valence-corrected chi connectivity index (χ2v) is 5.40. The third-order valence-electron chi connectivity index (χ3n) is 3.32. The number of anilines is 1. The van der Waals surface area contributed by atoms with Gasteiger partial charge >= 0.3 is 0 Å². The first-order chi connectivity index (χ1) is 11.7. The standard InChI is InChI=1S/C16H15ClN6O/c17-11-3-1-4-12(9-11)21-14(5-6-18)22-16(24)13-10-20-23-8-2-7-19-15(13)23/h1-9,18,20-21H,10H2,(H,22,24)/b14-5+,18-6?. The van der Waals surface area contributed by atoms with Crippen LogP contribution in [0.5, 0.6) is 0 Å². The first-order valence-corrected chi connectivity index (χ1v) is 7.56. The summed E-state index contributed by atoms with van der Waals surface area (Å²) in [5.74, 6) is 0.640. The summed E-state index contributed by atoms with van der Waals surface area (Å²) in [5, 5.41) is 15.3. The number of amides is 1. The molecule has 2 aliphatic heterocycles. The molecule has 0 unspecified atom stereocenters. The van der Waals surface area contributed by atoms with Crippen molar-refractivity contribution >= 4 is 35.6 Å². The van der Waals surface area contributed by atoms with Gasteiger partial charge < -0.3 is 16.0 Å². The van der Waals surface area contributed by atoms with E-state index in [0.717, 1.165) is 6.21 Å². The summed E-state index contributed by atoms with van der Waals surface area (Å²) in [6.45, 7) is 0.373. The minimum absolute atomic E-state index is 0.296. The number of carbonyl (C=O) groups is 1. The highest BCUT2D eigenvalue weighted by atomic mass is 35.5. The number of fused-ring (bicyclic) bond motifs is 1. The molecule has 1 aromatic rings. The van der Waals surface area contributed by atoms with E-state index in [0.29, 0.717) is 34.5 Å². The Morgan fingerprint density at radius 3 is 3.12 bits per heavy atom. The van der Waals surface area contributed by atoms with Crippen LogP contribution in [0.25, 0.3) is 0 Å². The zero-order chi connectivity index (χ0) is 16.9. The summed E-state index contributed by atoms with van der Waals surface area (Å²) in [7, 11) is 0. The van der Waals surface area contributed by atoms with Crippen molar-refractivity contribution in [1.29, 1.82) is 5.41 Å². The van der Waals surface area contributed by atoms with Crippen LogP contribution in [0.15, 0.2) is 64.8 Å². The smallest absolute Gasteiger partial charge is 0.257 e. The van der Waals surface area contributed by atoms with E-state index in [4.69, 9.17) is 17.0 Å². The molecule has 0 atom stereocenters. The number of carbonyl (C=O) groups excluding carboxylic acids is 1. The number of hydrogen-bond acceptors (Lipinski definition) is 6. The number of nitrogens with one attached hydrogen (secondary N) is 4. The van der Waals surface area contributed by atoms with Crippen molar-refractivity contribution in [1.82, 2.24) is 15.8 Å². The normalized spacial score (nSPS) is 16.2. The Morgan fingerprint density at radius 1 is 1.46 bits per heavy atom. The zero-order valence-corrected chi connectivity index (χ0v) is 13.3. The van der Waals surface area contributed by atoms with Crippen molar-refractivity contribution in [2.45, 2.75) is 0 Å². The molecule has 0 fully saturated rings. The highest BCUT2D eigenvalue weighted by molar-refractivity contribution is 6.30. The molecule has 2 aliphatic rings. The Bertz CT molecular complexity index is 796. The fraction of sp³-hybridized carbons (Fsp3) is 0.0625. The number of rotatable bonds is 5. The van der Waals surface area contributed by atoms with Crippen molar-refractivity contribution in [3.8, 4) is 0 Å². The first kappa shape index (κ1) is 16.0. The van der Waals surface area contributed by atoms with E-state index >= 15 is 0 Å². The van der Waals surface area contributed by atoms with Crippen LogP contribution >= 0.6 is 11.6 Å². The molecule has 8 heteroatoms. The molecule has 1 amide bonds. The van der Waals surface area contributed by atoms with Crippen molar-refractivity contribution in [2.24, 2.45) is 4.99 Å². The van der Waals surface area contributed by atoms with Gasteiger partial charge in [0.25, 0.3) is 5.91 Å². The summed E-state index contributed by atoms with van der Waals surface area (Å²) in [4.78, 5) is 16.7. The van der Waals surface area contributed by atoms with Crippen molar-refractivity contribution in [3.05, 3.63) is 64.9 Å². The number of aliphatic imine (C=N–C) groups is 1. The second-order valence-electron chi connectivity index (χ2n) is 4.96. The third-order valence-corrected chi connectivity index (χ3v) is 3.55. The average Bonchev–Trinajstić information content (AvgIpc) is 2.99. The Morgan fingerprint density at radius 2 is 2.33 bits per heavy atom. The molecular formula is C16H15ClN6O. The van der Waals surface area contributed by atoms with Gasteiger partial charge in [-0.25, -0.2) is 10.4 Å². The molecule has 0 radical (unpaired) electrons. The highest BCUT2D eigenvalue weighted by Gasteiger charge is 2.26. The van der Waals surface area contributed by atoms with Gasteiger partial charge in [0.05, 0.1) is 5.57 Å². The van der Waals surface area contributed by atoms with Gasteiger partial charge in [-0.1, -0.05) is 17.7 Å². The minimum atomic E-state index is -0.296. The van der Waals surface area contributed by atoms with Crippen LogP contribution < -0.4 is 16.1 Å². The maximum atomic E-state index is 12.5. The molecule has 24 heavy (non-hydrogen) atoms. The highest BCUT2D eigenvalue weighted by Crippen LogP contribution is 2.20. The van der Waals surface area contributed by atoms with E-state index in [1.807, 2.05) is 6.07 Å². The Kier molecular flexibility index (Phi) is 4.74. The molecule has 0 saturated heterocycles. The molecule has 0 aliphatic carbocycles. The topological polar surface area (TPSA) is 92.6 Å². The summed E-state index contributed by atoms with van der Waals surface area (Å²) in [6, 6.07) is 7.08. The zero-order valence-electron chi connectivity index (χ0n) is 12.6. The van der Waals surface area contributed by atoms with Gasteiger partial charge in [0.1, 0.15) is 5.82 Å². The van der Waals surface area contributed by atoms with E-state index in [9.17, 15) is 4.79 Å². The van der Waals surface area contributed by atoms with Crippen LogP contribution in [0.3, 0.4) is 0 Å². The summed E-state index contributed by atoms with van der Waals surface area (Å²) >= 11 is 5.96. The van der Waals surface area contributed by atoms with Gasteiger partial charge in [-0.2, -0.15) is 0 Å². The molecule has 0 bridgehead atoms. The first-order valence-electron chi connectivity index (χ1n) is 7.19. The molecule has 3 rings (SSSR count). The predicted molar refractivity (Wildman–Crippen MR) is 94.6 cm³/mol. The second kappa shape index (κ2) is 7.12. The fourth-order valence-corrected chi connectivity index (χ4v) is 2.45. The lowest BCUT2D eigenvalue weighted by atomic mass is 10.2. The summed E-state index contributed by atoms with van der Waals surface area (Å²) in [5.41, 5.74) is 4.27. The van der Waals surface area contributed by atoms with Crippen molar-refractivity contribution in [2.75, 3.05) is 11.9 Å². The third kappa shape index (κ3) is 3.53. The molecule has 122 valence electrons. The molecular weight excluding hydrogens is 328 g/mol. The van der Waals surface area contributed by atoms with E-state index < -0.39 is 0 Å². The van der Waals surface area contributed by atoms with Gasteiger partial charge in [0.2, 0.25) is 0 Å². The van der Waals surface area contributed by atoms with E-state index in [2.05, 4.69) is 21.1 Å². The van der Waals surface area contributed by atoms with Gasteiger partial charge in [0, 0.05) is 35.9 Å². The molecule has 2 heterocycles. The van der Waals surface area contributed by atoms with E-state index in [1.165, 1.54) is 6.08 Å². The van der Waals surface area contributed by atoms with Crippen LogP contribution in [-0.4, -0.2) is 29.9 Å².